The monoisotopic (exact) mass is 515 g/mol. The third-order valence-electron chi connectivity index (χ3n) is 3.56. The maximum atomic E-state index is 14.0. The van der Waals surface area contributed by atoms with Crippen LogP contribution in [0.5, 0.6) is 5.75 Å². The van der Waals surface area contributed by atoms with Gasteiger partial charge in [-0.3, -0.25) is 0 Å². The molecule has 0 unspecified atom stereocenters. The minimum absolute atomic E-state index is 0.0974. The summed E-state index contributed by atoms with van der Waals surface area (Å²) in [5.41, 5.74) is 0.596. The van der Waals surface area contributed by atoms with Crippen LogP contribution in [0.2, 0.25) is 0 Å². The van der Waals surface area contributed by atoms with Crippen LogP contribution >= 0.6 is 0 Å². The Morgan fingerprint density at radius 2 is 1.45 bits per heavy atom. The zero-order valence-electron chi connectivity index (χ0n) is 16.3. The molecule has 0 atom stereocenters. The number of alkyl halides is 4. The van der Waals surface area contributed by atoms with Crippen LogP contribution in [0.1, 0.15) is 25.3 Å². The molecule has 0 aliphatic rings. The standard InChI is InChI=1S/C15H21F4NO8S3/c1-3-4-10-27-11-9-12-5-7-13(8-6-12)28-31(25,26)15(18,19)14(16,17)30(23,24)20-29(2,21)22/h5-8,20H,3-4,9-11H2,1-2H3. The van der Waals surface area contributed by atoms with Crippen LogP contribution in [0.25, 0.3) is 0 Å². The largest absolute Gasteiger partial charge is 0.459 e. The number of benzene rings is 1. The maximum Gasteiger partial charge on any atom is 0.459 e. The molecule has 9 nitrogen and oxygen atoms in total. The first kappa shape index (κ1) is 27.5. The maximum absolute atomic E-state index is 14.0. The van der Waals surface area contributed by atoms with Crippen molar-refractivity contribution in [2.24, 2.45) is 0 Å². The Morgan fingerprint density at radius 1 is 0.903 bits per heavy atom. The van der Waals surface area contributed by atoms with E-state index >= 15 is 0 Å². The van der Waals surface area contributed by atoms with Gasteiger partial charge in [0.2, 0.25) is 10.0 Å². The van der Waals surface area contributed by atoms with Crippen LogP contribution in [-0.4, -0.2) is 55.2 Å². The van der Waals surface area contributed by atoms with E-state index in [1.54, 1.807) is 0 Å². The number of ether oxygens (including phenoxy) is 1. The average Bonchev–Trinajstić information content (AvgIpc) is 2.60. The minimum Gasteiger partial charge on any atom is -0.381 e. The first-order chi connectivity index (χ1) is 14.0. The van der Waals surface area contributed by atoms with Gasteiger partial charge >= 0.3 is 20.6 Å². The Labute approximate surface area is 178 Å². The number of nitrogens with one attached hydrogen (secondary N) is 1. The van der Waals surface area contributed by atoms with Gasteiger partial charge < -0.3 is 8.92 Å². The summed E-state index contributed by atoms with van der Waals surface area (Å²) in [5.74, 6) is -0.792. The van der Waals surface area contributed by atoms with Gasteiger partial charge in [0.05, 0.1) is 12.9 Å². The van der Waals surface area contributed by atoms with Crippen LogP contribution in [0, 0.1) is 0 Å². The number of unbranched alkanes of at least 4 members (excludes halogenated alkanes) is 1. The zero-order valence-corrected chi connectivity index (χ0v) is 18.8. The molecule has 0 bridgehead atoms. The first-order valence-corrected chi connectivity index (χ1v) is 13.3. The third-order valence-corrected chi connectivity index (χ3v) is 8.00. The minimum atomic E-state index is -6.67. The topological polar surface area (TPSA) is 133 Å². The highest BCUT2D eigenvalue weighted by Crippen LogP contribution is 2.43. The van der Waals surface area contributed by atoms with Crippen molar-refractivity contribution in [3.8, 4) is 5.75 Å². The normalized spacial score (nSPS) is 13.9. The van der Waals surface area contributed by atoms with Crippen molar-refractivity contribution in [2.75, 3.05) is 19.5 Å². The molecule has 180 valence electrons. The molecular weight excluding hydrogens is 494 g/mol. The summed E-state index contributed by atoms with van der Waals surface area (Å²) in [4.78, 5) is 0. The summed E-state index contributed by atoms with van der Waals surface area (Å²) in [7, 11) is -18.2. The molecule has 0 aromatic heterocycles. The Morgan fingerprint density at radius 3 is 1.94 bits per heavy atom. The van der Waals surface area contributed by atoms with Gasteiger partial charge in [-0.1, -0.05) is 25.5 Å². The molecule has 0 radical (unpaired) electrons. The SMILES string of the molecule is CCCCOCCc1ccc(OS(=O)(=O)C(F)(F)C(F)(F)S(=O)(=O)NS(C)(=O)=O)cc1. The highest BCUT2D eigenvalue weighted by Gasteiger charge is 2.75. The van der Waals surface area contributed by atoms with E-state index in [2.05, 4.69) is 4.18 Å². The Hall–Kier alpha value is -1.49. The lowest BCUT2D eigenvalue weighted by Gasteiger charge is -2.25. The summed E-state index contributed by atoms with van der Waals surface area (Å²) in [6.07, 6.45) is 2.29. The lowest BCUT2D eigenvalue weighted by atomic mass is 10.1. The molecule has 0 amide bonds. The second-order valence-electron chi connectivity index (χ2n) is 6.29. The van der Waals surface area contributed by atoms with E-state index in [-0.39, 0.29) is 6.26 Å². The Balaban J connectivity index is 2.99. The summed E-state index contributed by atoms with van der Waals surface area (Å²) in [5, 5.41) is -12.7. The van der Waals surface area contributed by atoms with Crippen LogP contribution in [-0.2, 0) is 41.3 Å². The summed E-state index contributed by atoms with van der Waals surface area (Å²) in [6, 6.07) is 4.34. The van der Waals surface area contributed by atoms with Gasteiger partial charge in [0.1, 0.15) is 5.75 Å². The van der Waals surface area contributed by atoms with E-state index in [1.165, 1.54) is 12.1 Å². The van der Waals surface area contributed by atoms with Crippen LogP contribution in [0.15, 0.2) is 24.3 Å². The lowest BCUT2D eigenvalue weighted by molar-refractivity contribution is -0.101. The van der Waals surface area contributed by atoms with E-state index < -0.39 is 46.4 Å². The van der Waals surface area contributed by atoms with E-state index in [4.69, 9.17) is 4.74 Å². The highest BCUT2D eigenvalue weighted by atomic mass is 32.3. The second-order valence-corrected chi connectivity index (χ2v) is 11.6. The molecule has 0 aliphatic carbocycles. The summed E-state index contributed by atoms with van der Waals surface area (Å²) < 4.78 is 133. The second kappa shape index (κ2) is 9.97. The molecule has 16 heteroatoms. The molecule has 0 saturated carbocycles. The number of halogens is 4. The first-order valence-electron chi connectivity index (χ1n) is 8.56. The van der Waals surface area contributed by atoms with Crippen molar-refractivity contribution in [1.29, 1.82) is 0 Å². The van der Waals surface area contributed by atoms with Crippen molar-refractivity contribution >= 4 is 30.2 Å². The van der Waals surface area contributed by atoms with Gasteiger partial charge in [-0.15, -0.1) is 4.13 Å². The summed E-state index contributed by atoms with van der Waals surface area (Å²) in [6.45, 7) is 2.84. The number of rotatable bonds is 13. The fourth-order valence-corrected chi connectivity index (χ4v) is 5.70. The van der Waals surface area contributed by atoms with Gasteiger partial charge in [-0.2, -0.15) is 26.0 Å². The molecule has 1 N–H and O–H groups in total. The molecule has 0 aliphatic heterocycles. The van der Waals surface area contributed by atoms with E-state index in [0.29, 0.717) is 29.3 Å². The molecule has 1 rings (SSSR count). The van der Waals surface area contributed by atoms with Gasteiger partial charge in [0.15, 0.2) is 0 Å². The Kier molecular flexibility index (Phi) is 8.86. The van der Waals surface area contributed by atoms with Crippen molar-refractivity contribution < 1.29 is 51.7 Å². The number of hydrogen-bond acceptors (Lipinski definition) is 8. The molecule has 1 aromatic rings. The third kappa shape index (κ3) is 7.00. The molecule has 0 heterocycles. The molecule has 0 spiro atoms. The van der Waals surface area contributed by atoms with E-state index in [0.717, 1.165) is 25.0 Å². The van der Waals surface area contributed by atoms with Crippen molar-refractivity contribution in [1.82, 2.24) is 4.13 Å². The molecule has 0 fully saturated rings. The zero-order chi connectivity index (χ0) is 24.1. The molecule has 1 aromatic carbocycles. The number of sulfonamides is 2. The number of hydrogen-bond donors (Lipinski definition) is 1. The lowest BCUT2D eigenvalue weighted by Crippen LogP contribution is -2.57. The van der Waals surface area contributed by atoms with Crippen molar-refractivity contribution in [3.63, 3.8) is 0 Å². The molecule has 0 saturated heterocycles. The molecule has 31 heavy (non-hydrogen) atoms. The van der Waals surface area contributed by atoms with E-state index in [9.17, 15) is 42.8 Å². The molecular formula is C15H21F4NO8S3. The van der Waals surface area contributed by atoms with Crippen molar-refractivity contribution in [2.45, 2.75) is 36.7 Å². The smallest absolute Gasteiger partial charge is 0.381 e. The predicted molar refractivity (Wildman–Crippen MR) is 102 cm³/mol. The fraction of sp³-hybridized carbons (Fsp3) is 0.600. The van der Waals surface area contributed by atoms with Crippen LogP contribution in [0.4, 0.5) is 17.6 Å². The fourth-order valence-electron chi connectivity index (χ4n) is 1.98. The average molecular weight is 516 g/mol. The quantitative estimate of drug-likeness (QED) is 0.239. The predicted octanol–water partition coefficient (Wildman–Crippen LogP) is 1.82. The van der Waals surface area contributed by atoms with Gasteiger partial charge in [0.25, 0.3) is 10.0 Å². The van der Waals surface area contributed by atoms with E-state index in [1.807, 2.05) is 6.92 Å². The van der Waals surface area contributed by atoms with Crippen LogP contribution in [0.3, 0.4) is 0 Å². The van der Waals surface area contributed by atoms with Crippen molar-refractivity contribution in [3.05, 3.63) is 29.8 Å². The van der Waals surface area contributed by atoms with Gasteiger partial charge in [-0.25, -0.2) is 16.8 Å². The summed E-state index contributed by atoms with van der Waals surface area (Å²) >= 11 is 0. The highest BCUT2D eigenvalue weighted by molar-refractivity contribution is 8.05. The Bertz CT molecular complexity index is 1060. The van der Waals surface area contributed by atoms with Crippen LogP contribution < -0.4 is 8.31 Å². The van der Waals surface area contributed by atoms with Gasteiger partial charge in [0, 0.05) is 6.61 Å². The van der Waals surface area contributed by atoms with Gasteiger partial charge in [-0.05, 0) is 30.5 Å².